The average Bonchev–Trinajstić information content (AvgIpc) is 3.04. The van der Waals surface area contributed by atoms with Crippen molar-refractivity contribution in [3.8, 4) is 11.5 Å². The number of hydrogen-bond acceptors (Lipinski definition) is 6. The van der Waals surface area contributed by atoms with Gasteiger partial charge >= 0.3 is 0 Å². The quantitative estimate of drug-likeness (QED) is 0.532. The summed E-state index contributed by atoms with van der Waals surface area (Å²) in [6.45, 7) is 0. The van der Waals surface area contributed by atoms with Gasteiger partial charge in [0, 0.05) is 34.5 Å². The van der Waals surface area contributed by atoms with E-state index in [2.05, 4.69) is 34.7 Å². The maximum atomic E-state index is 5.51. The van der Waals surface area contributed by atoms with Crippen molar-refractivity contribution in [2.45, 2.75) is 0 Å². The fourth-order valence-electron chi connectivity index (χ4n) is 3.72. The molecule has 152 valence electrons. The molecule has 1 aliphatic rings. The van der Waals surface area contributed by atoms with Crippen LogP contribution in [0.2, 0.25) is 0 Å². The molecule has 6 nitrogen and oxygen atoms in total. The summed E-state index contributed by atoms with van der Waals surface area (Å²) in [7, 11) is 3.25. The van der Waals surface area contributed by atoms with E-state index >= 15 is 0 Å². The third-order valence-corrected chi connectivity index (χ3v) is 5.26. The third kappa shape index (κ3) is 3.38. The van der Waals surface area contributed by atoms with Crippen molar-refractivity contribution in [1.82, 2.24) is 10.4 Å². The number of nitrogens with one attached hydrogen (secondary N) is 1. The zero-order chi connectivity index (χ0) is 21.2. The molecule has 1 N–H and O–H groups in total. The van der Waals surface area contributed by atoms with Crippen LogP contribution in [0, 0.1) is 0 Å². The summed E-state index contributed by atoms with van der Waals surface area (Å²) in [6.07, 6.45) is 3.49. The summed E-state index contributed by atoms with van der Waals surface area (Å²) in [5, 5.41) is 6.93. The lowest BCUT2D eigenvalue weighted by molar-refractivity contribution is 0.355. The standard InChI is InChI=1S/C25H20N4O2/c1-30-21-10-8-18(15-22(21)31-2)23-20-9-7-16-5-3-4-6-19(16)24(20)27-25(29-28-23)17-11-13-26-14-12-17/h3-15H,1-2H3,(H,27,29). The molecule has 0 radical (unpaired) electrons. The molecular weight excluding hydrogens is 388 g/mol. The first kappa shape index (κ1) is 18.8. The molecule has 0 unspecified atom stereocenters. The van der Waals surface area contributed by atoms with E-state index in [9.17, 15) is 0 Å². The molecule has 1 aliphatic heterocycles. The molecule has 0 bridgehead atoms. The van der Waals surface area contributed by atoms with Gasteiger partial charge in [0.15, 0.2) is 17.3 Å². The Morgan fingerprint density at radius 2 is 1.58 bits per heavy atom. The number of benzene rings is 3. The highest BCUT2D eigenvalue weighted by Gasteiger charge is 2.20. The van der Waals surface area contributed by atoms with Crippen LogP contribution in [0.4, 0.5) is 5.69 Å². The molecule has 0 amide bonds. The molecule has 2 heterocycles. The van der Waals surface area contributed by atoms with Gasteiger partial charge in [-0.05, 0) is 41.8 Å². The lowest BCUT2D eigenvalue weighted by Gasteiger charge is -2.13. The zero-order valence-electron chi connectivity index (χ0n) is 17.2. The van der Waals surface area contributed by atoms with Gasteiger partial charge in [-0.15, -0.1) is 0 Å². The van der Waals surface area contributed by atoms with Gasteiger partial charge in [-0.2, -0.15) is 5.10 Å². The van der Waals surface area contributed by atoms with E-state index in [1.54, 1.807) is 26.6 Å². The molecule has 3 aromatic carbocycles. The van der Waals surface area contributed by atoms with Gasteiger partial charge in [0.05, 0.1) is 19.9 Å². The van der Waals surface area contributed by atoms with Crippen LogP contribution in [0.5, 0.6) is 11.5 Å². The van der Waals surface area contributed by atoms with Gasteiger partial charge in [0.2, 0.25) is 0 Å². The van der Waals surface area contributed by atoms with Crippen LogP contribution in [-0.2, 0) is 0 Å². The molecule has 0 aliphatic carbocycles. The largest absolute Gasteiger partial charge is 0.493 e. The van der Waals surface area contributed by atoms with Crippen molar-refractivity contribution in [1.29, 1.82) is 0 Å². The monoisotopic (exact) mass is 408 g/mol. The number of aromatic nitrogens is 1. The second kappa shape index (κ2) is 7.91. The Morgan fingerprint density at radius 3 is 2.39 bits per heavy atom. The van der Waals surface area contributed by atoms with Gasteiger partial charge in [-0.3, -0.25) is 10.4 Å². The molecule has 31 heavy (non-hydrogen) atoms. The van der Waals surface area contributed by atoms with Gasteiger partial charge < -0.3 is 9.47 Å². The molecule has 0 atom stereocenters. The highest BCUT2D eigenvalue weighted by atomic mass is 16.5. The fraction of sp³-hybridized carbons (Fsp3) is 0.0800. The van der Waals surface area contributed by atoms with Crippen LogP contribution in [0.15, 0.2) is 89.2 Å². The molecule has 0 saturated heterocycles. The summed E-state index contributed by atoms with van der Waals surface area (Å²) in [5.41, 5.74) is 7.54. The summed E-state index contributed by atoms with van der Waals surface area (Å²) >= 11 is 0. The normalized spacial score (nSPS) is 12.8. The molecule has 6 heteroatoms. The zero-order valence-corrected chi connectivity index (χ0v) is 17.2. The van der Waals surface area contributed by atoms with Gasteiger partial charge in [-0.25, -0.2) is 4.99 Å². The number of fused-ring (bicyclic) bond motifs is 3. The van der Waals surface area contributed by atoms with E-state index in [-0.39, 0.29) is 0 Å². The molecule has 0 spiro atoms. The van der Waals surface area contributed by atoms with E-state index in [1.807, 2.05) is 42.5 Å². The lowest BCUT2D eigenvalue weighted by Crippen LogP contribution is -2.19. The Hall–Kier alpha value is -4.19. The Labute approximate surface area is 179 Å². The smallest absolute Gasteiger partial charge is 0.161 e. The summed E-state index contributed by atoms with van der Waals surface area (Å²) in [5.74, 6) is 1.97. The van der Waals surface area contributed by atoms with Crippen molar-refractivity contribution in [3.05, 3.63) is 95.8 Å². The SMILES string of the molecule is COc1ccc(C2=NNC(c3ccncc3)=Nc3c2ccc2ccccc32)cc1OC. The first-order valence-electron chi connectivity index (χ1n) is 9.86. The number of methoxy groups -OCH3 is 2. The summed E-state index contributed by atoms with van der Waals surface area (Å²) in [4.78, 5) is 9.11. The summed E-state index contributed by atoms with van der Waals surface area (Å²) < 4.78 is 10.9. The number of ether oxygens (including phenoxy) is 2. The second-order valence-corrected chi connectivity index (χ2v) is 7.02. The topological polar surface area (TPSA) is 68.1 Å². The van der Waals surface area contributed by atoms with E-state index in [1.165, 1.54) is 0 Å². The highest BCUT2D eigenvalue weighted by molar-refractivity contribution is 6.21. The minimum atomic E-state index is 0.643. The van der Waals surface area contributed by atoms with Crippen LogP contribution in [-0.4, -0.2) is 30.8 Å². The van der Waals surface area contributed by atoms with Crippen LogP contribution in [0.3, 0.4) is 0 Å². The maximum Gasteiger partial charge on any atom is 0.161 e. The Bertz CT molecular complexity index is 1330. The third-order valence-electron chi connectivity index (χ3n) is 5.26. The number of rotatable bonds is 4. The molecule has 0 fully saturated rings. The summed E-state index contributed by atoms with van der Waals surface area (Å²) in [6, 6.07) is 22.0. The van der Waals surface area contributed by atoms with E-state index in [0.29, 0.717) is 17.3 Å². The Kier molecular flexibility index (Phi) is 4.80. The van der Waals surface area contributed by atoms with Crippen LogP contribution in [0.1, 0.15) is 16.7 Å². The fourth-order valence-corrected chi connectivity index (χ4v) is 3.72. The first-order chi connectivity index (χ1) is 15.3. The van der Waals surface area contributed by atoms with Crippen LogP contribution < -0.4 is 14.9 Å². The minimum absolute atomic E-state index is 0.643. The van der Waals surface area contributed by atoms with Crippen molar-refractivity contribution >= 4 is 28.0 Å². The molecule has 5 rings (SSSR count). The minimum Gasteiger partial charge on any atom is -0.493 e. The maximum absolute atomic E-state index is 5.51. The predicted octanol–water partition coefficient (Wildman–Crippen LogP) is 4.69. The number of amidine groups is 1. The number of hydrogen-bond donors (Lipinski definition) is 1. The van der Waals surface area contributed by atoms with E-state index in [4.69, 9.17) is 19.6 Å². The van der Waals surface area contributed by atoms with Crippen molar-refractivity contribution in [3.63, 3.8) is 0 Å². The number of hydrazone groups is 1. The predicted molar refractivity (Wildman–Crippen MR) is 123 cm³/mol. The van der Waals surface area contributed by atoms with E-state index < -0.39 is 0 Å². The van der Waals surface area contributed by atoms with Crippen molar-refractivity contribution in [2.24, 2.45) is 10.1 Å². The molecule has 0 saturated carbocycles. The molecule has 1 aromatic heterocycles. The van der Waals surface area contributed by atoms with Crippen LogP contribution >= 0.6 is 0 Å². The highest BCUT2D eigenvalue weighted by Crippen LogP contribution is 2.35. The number of nitrogens with zero attached hydrogens (tertiary/aromatic N) is 3. The van der Waals surface area contributed by atoms with Crippen molar-refractivity contribution < 1.29 is 9.47 Å². The lowest BCUT2D eigenvalue weighted by atomic mass is 9.96. The average molecular weight is 408 g/mol. The molecular formula is C25H20N4O2. The Morgan fingerprint density at radius 1 is 0.774 bits per heavy atom. The first-order valence-corrected chi connectivity index (χ1v) is 9.86. The number of pyridine rings is 1. The van der Waals surface area contributed by atoms with Gasteiger partial charge in [0.1, 0.15) is 5.71 Å². The van der Waals surface area contributed by atoms with Gasteiger partial charge in [0.25, 0.3) is 0 Å². The number of aliphatic imine (C=N–C) groups is 1. The van der Waals surface area contributed by atoms with Crippen molar-refractivity contribution in [2.75, 3.05) is 14.2 Å². The Balaban J connectivity index is 1.75. The van der Waals surface area contributed by atoms with Crippen LogP contribution in [0.25, 0.3) is 10.8 Å². The van der Waals surface area contributed by atoms with Gasteiger partial charge in [-0.1, -0.05) is 30.3 Å². The van der Waals surface area contributed by atoms with E-state index in [0.717, 1.165) is 38.9 Å². The second-order valence-electron chi connectivity index (χ2n) is 7.02. The molecule has 4 aromatic rings.